The fourth-order valence-corrected chi connectivity index (χ4v) is 1.13. The van der Waals surface area contributed by atoms with Gasteiger partial charge in [-0.2, -0.15) is 0 Å². The van der Waals surface area contributed by atoms with Crippen molar-refractivity contribution in [2.45, 2.75) is 39.8 Å². The first-order valence-electron chi connectivity index (χ1n) is 4.87. The van der Waals surface area contributed by atoms with Crippen molar-refractivity contribution in [3.63, 3.8) is 0 Å². The van der Waals surface area contributed by atoms with Crippen molar-refractivity contribution in [2.75, 3.05) is 0 Å². The van der Waals surface area contributed by atoms with E-state index in [1.165, 1.54) is 17.5 Å². The van der Waals surface area contributed by atoms with Gasteiger partial charge in [0.1, 0.15) is 0 Å². The molecule has 2 nitrogen and oxygen atoms in total. The summed E-state index contributed by atoms with van der Waals surface area (Å²) in [5.74, 6) is 0. The Morgan fingerprint density at radius 1 is 1.54 bits per heavy atom. The van der Waals surface area contributed by atoms with Crippen LogP contribution in [0.15, 0.2) is 18.5 Å². The van der Waals surface area contributed by atoms with E-state index in [1.54, 1.807) is 0 Å². The van der Waals surface area contributed by atoms with Gasteiger partial charge in [0.15, 0.2) is 0 Å². The molecule has 2 heteroatoms. The summed E-state index contributed by atoms with van der Waals surface area (Å²) in [4.78, 5) is 4.06. The van der Waals surface area contributed by atoms with Crippen LogP contribution in [-0.4, -0.2) is 11.0 Å². The number of aromatic nitrogens is 1. The first kappa shape index (κ1) is 10.2. The predicted molar refractivity (Wildman–Crippen MR) is 55.6 cm³/mol. The second-order valence-corrected chi connectivity index (χ2v) is 3.49. The van der Waals surface area contributed by atoms with Gasteiger partial charge in [-0.15, -0.1) is 0 Å². The van der Waals surface area contributed by atoms with Crippen LogP contribution in [0.4, 0.5) is 0 Å². The summed E-state index contributed by atoms with van der Waals surface area (Å²) in [7, 11) is 0. The van der Waals surface area contributed by atoms with E-state index in [-0.39, 0.29) is 0 Å². The Balaban J connectivity index is 2.50. The van der Waals surface area contributed by atoms with Crippen LogP contribution in [0.1, 0.15) is 31.4 Å². The summed E-state index contributed by atoms with van der Waals surface area (Å²) >= 11 is 0. The van der Waals surface area contributed by atoms with Gasteiger partial charge < -0.3 is 5.32 Å². The largest absolute Gasteiger partial charge is 0.310 e. The third kappa shape index (κ3) is 3.15. The van der Waals surface area contributed by atoms with Crippen LogP contribution in [0.25, 0.3) is 0 Å². The van der Waals surface area contributed by atoms with Crippen molar-refractivity contribution in [3.8, 4) is 0 Å². The zero-order chi connectivity index (χ0) is 9.68. The molecular formula is C11H18N2. The van der Waals surface area contributed by atoms with E-state index in [1.807, 2.05) is 12.4 Å². The second-order valence-electron chi connectivity index (χ2n) is 3.49. The Labute approximate surface area is 80.4 Å². The number of hydrogen-bond acceptors (Lipinski definition) is 2. The molecule has 0 spiro atoms. The Bertz CT molecular complexity index is 258. The van der Waals surface area contributed by atoms with Gasteiger partial charge in [-0.05, 0) is 37.5 Å². The molecule has 0 saturated heterocycles. The van der Waals surface area contributed by atoms with E-state index in [2.05, 4.69) is 37.1 Å². The van der Waals surface area contributed by atoms with Crippen molar-refractivity contribution in [1.29, 1.82) is 0 Å². The lowest BCUT2D eigenvalue weighted by Gasteiger charge is -2.12. The molecular weight excluding hydrogens is 160 g/mol. The van der Waals surface area contributed by atoms with Gasteiger partial charge >= 0.3 is 0 Å². The highest BCUT2D eigenvalue weighted by atomic mass is 14.9. The highest BCUT2D eigenvalue weighted by Crippen LogP contribution is 2.04. The lowest BCUT2D eigenvalue weighted by atomic mass is 10.1. The number of rotatable bonds is 4. The van der Waals surface area contributed by atoms with E-state index in [9.17, 15) is 0 Å². The first-order chi connectivity index (χ1) is 6.24. The zero-order valence-corrected chi connectivity index (χ0v) is 8.67. The fraction of sp³-hybridized carbons (Fsp3) is 0.545. The summed E-state index contributed by atoms with van der Waals surface area (Å²) in [6.45, 7) is 7.44. The van der Waals surface area contributed by atoms with Crippen molar-refractivity contribution in [2.24, 2.45) is 0 Å². The molecule has 72 valence electrons. The van der Waals surface area contributed by atoms with Gasteiger partial charge in [-0.25, -0.2) is 0 Å². The van der Waals surface area contributed by atoms with Crippen LogP contribution < -0.4 is 5.32 Å². The minimum absolute atomic E-state index is 0.590. The number of pyridine rings is 1. The zero-order valence-electron chi connectivity index (χ0n) is 8.67. The molecule has 1 atom stereocenters. The first-order valence-corrected chi connectivity index (χ1v) is 4.87. The SMILES string of the molecule is CCC(C)NCc1ccncc1C. The van der Waals surface area contributed by atoms with E-state index in [0.29, 0.717) is 6.04 Å². The molecule has 13 heavy (non-hydrogen) atoms. The van der Waals surface area contributed by atoms with Gasteiger partial charge in [0.2, 0.25) is 0 Å². The second kappa shape index (κ2) is 4.97. The molecule has 1 rings (SSSR count). The lowest BCUT2D eigenvalue weighted by Crippen LogP contribution is -2.24. The summed E-state index contributed by atoms with van der Waals surface area (Å²) in [6.07, 6.45) is 4.93. The topological polar surface area (TPSA) is 24.9 Å². The summed E-state index contributed by atoms with van der Waals surface area (Å²) in [5, 5.41) is 3.46. The average molecular weight is 178 g/mol. The Morgan fingerprint density at radius 3 is 2.92 bits per heavy atom. The van der Waals surface area contributed by atoms with Crippen LogP contribution in [0.5, 0.6) is 0 Å². The van der Waals surface area contributed by atoms with Gasteiger partial charge in [-0.3, -0.25) is 4.98 Å². The summed E-state index contributed by atoms with van der Waals surface area (Å²) in [6, 6.07) is 2.66. The monoisotopic (exact) mass is 178 g/mol. The predicted octanol–water partition coefficient (Wildman–Crippen LogP) is 2.28. The molecule has 0 aliphatic heterocycles. The molecule has 0 saturated carbocycles. The number of hydrogen-bond donors (Lipinski definition) is 1. The molecule has 0 amide bonds. The van der Waals surface area contributed by atoms with Gasteiger partial charge in [0, 0.05) is 25.0 Å². The molecule has 1 heterocycles. The van der Waals surface area contributed by atoms with E-state index < -0.39 is 0 Å². The van der Waals surface area contributed by atoms with Crippen molar-refractivity contribution < 1.29 is 0 Å². The molecule has 1 unspecified atom stereocenters. The quantitative estimate of drug-likeness (QED) is 0.765. The van der Waals surface area contributed by atoms with Crippen LogP contribution in [-0.2, 0) is 6.54 Å². The molecule has 0 aliphatic carbocycles. The molecule has 0 fully saturated rings. The fourth-order valence-electron chi connectivity index (χ4n) is 1.13. The van der Waals surface area contributed by atoms with Crippen LogP contribution >= 0.6 is 0 Å². The summed E-state index contributed by atoms with van der Waals surface area (Å²) in [5.41, 5.74) is 2.61. The van der Waals surface area contributed by atoms with Crippen molar-refractivity contribution in [3.05, 3.63) is 29.6 Å². The van der Waals surface area contributed by atoms with E-state index in [4.69, 9.17) is 0 Å². The van der Waals surface area contributed by atoms with E-state index >= 15 is 0 Å². The lowest BCUT2D eigenvalue weighted by molar-refractivity contribution is 0.533. The number of nitrogens with one attached hydrogen (secondary N) is 1. The third-order valence-electron chi connectivity index (χ3n) is 2.39. The molecule has 1 aromatic heterocycles. The van der Waals surface area contributed by atoms with Crippen molar-refractivity contribution >= 4 is 0 Å². The molecule has 0 radical (unpaired) electrons. The Hall–Kier alpha value is -0.890. The normalized spacial score (nSPS) is 12.8. The standard InChI is InChI=1S/C11H18N2/c1-4-10(3)13-8-11-5-6-12-7-9(11)2/h5-7,10,13H,4,8H2,1-3H3. The number of nitrogens with zero attached hydrogens (tertiary/aromatic N) is 1. The minimum Gasteiger partial charge on any atom is -0.310 e. The molecule has 0 bridgehead atoms. The van der Waals surface area contributed by atoms with Crippen molar-refractivity contribution in [1.82, 2.24) is 10.3 Å². The van der Waals surface area contributed by atoms with Crippen LogP contribution in [0, 0.1) is 6.92 Å². The maximum atomic E-state index is 4.06. The number of aryl methyl sites for hydroxylation is 1. The molecule has 0 aromatic carbocycles. The minimum atomic E-state index is 0.590. The molecule has 1 N–H and O–H groups in total. The van der Waals surface area contributed by atoms with Gasteiger partial charge in [0.05, 0.1) is 0 Å². The Kier molecular flexibility index (Phi) is 3.90. The van der Waals surface area contributed by atoms with Crippen LogP contribution in [0.2, 0.25) is 0 Å². The molecule has 0 aliphatic rings. The maximum Gasteiger partial charge on any atom is 0.0300 e. The third-order valence-corrected chi connectivity index (χ3v) is 2.39. The maximum absolute atomic E-state index is 4.06. The highest BCUT2D eigenvalue weighted by molar-refractivity contribution is 5.21. The van der Waals surface area contributed by atoms with Gasteiger partial charge in [-0.1, -0.05) is 6.92 Å². The van der Waals surface area contributed by atoms with Gasteiger partial charge in [0.25, 0.3) is 0 Å². The van der Waals surface area contributed by atoms with E-state index in [0.717, 1.165) is 6.54 Å². The smallest absolute Gasteiger partial charge is 0.0300 e. The van der Waals surface area contributed by atoms with Crippen LogP contribution in [0.3, 0.4) is 0 Å². The highest BCUT2D eigenvalue weighted by Gasteiger charge is 1.99. The average Bonchev–Trinajstić information content (AvgIpc) is 2.16. The Morgan fingerprint density at radius 2 is 2.31 bits per heavy atom. The molecule has 1 aromatic rings. The summed E-state index contributed by atoms with van der Waals surface area (Å²) < 4.78 is 0.